The van der Waals surface area contributed by atoms with Crippen molar-refractivity contribution < 1.29 is 9.28 Å². The molecule has 1 amide bonds. The van der Waals surface area contributed by atoms with Crippen LogP contribution in [0.5, 0.6) is 0 Å². The first-order valence-corrected chi connectivity index (χ1v) is 8.63. The van der Waals surface area contributed by atoms with Gasteiger partial charge in [0, 0.05) is 19.3 Å². The van der Waals surface area contributed by atoms with Gasteiger partial charge in [-0.2, -0.15) is 0 Å². The highest BCUT2D eigenvalue weighted by atomic mass is 16.2. The van der Waals surface area contributed by atoms with Crippen molar-refractivity contribution in [2.45, 2.75) is 85.9 Å². The van der Waals surface area contributed by atoms with E-state index in [2.05, 4.69) is 25.8 Å². The zero-order chi connectivity index (χ0) is 15.9. The van der Waals surface area contributed by atoms with Crippen molar-refractivity contribution in [3.8, 4) is 0 Å². The third-order valence-corrected chi connectivity index (χ3v) is 5.04. The molecular weight excluding hydrogens is 248 g/mol. The van der Waals surface area contributed by atoms with Gasteiger partial charge in [0.1, 0.15) is 12.1 Å². The summed E-state index contributed by atoms with van der Waals surface area (Å²) in [6.45, 7) is 16.6. The minimum atomic E-state index is 0.340. The summed E-state index contributed by atoms with van der Waals surface area (Å²) >= 11 is 0. The maximum Gasteiger partial charge on any atom is 0.222 e. The van der Waals surface area contributed by atoms with Gasteiger partial charge in [-0.15, -0.1) is 0 Å². The lowest BCUT2D eigenvalue weighted by molar-refractivity contribution is -0.966. The Morgan fingerprint density at radius 1 is 1.10 bits per heavy atom. The molecule has 2 unspecified atom stereocenters. The van der Waals surface area contributed by atoms with Crippen LogP contribution in [0.1, 0.15) is 67.7 Å². The number of carbonyl (C=O) groups excluding carboxylic acids is 1. The summed E-state index contributed by atoms with van der Waals surface area (Å²) in [5.41, 5.74) is 0. The Kier molecular flexibility index (Phi) is 8.41. The molecule has 3 heteroatoms. The SMILES string of the molecule is CC.CC.CCC(=O)N1CC2CCC(C1)[N+]2(C)C(C)C. The summed E-state index contributed by atoms with van der Waals surface area (Å²) in [7, 11) is 2.39. The zero-order valence-corrected chi connectivity index (χ0v) is 15.1. The molecule has 0 radical (unpaired) electrons. The number of likely N-dealkylation sites (tertiary alicyclic amines) is 1. The van der Waals surface area contributed by atoms with E-state index < -0.39 is 0 Å². The van der Waals surface area contributed by atoms with Crippen molar-refractivity contribution in [1.82, 2.24) is 4.90 Å². The Bertz CT molecular complexity index is 275. The Morgan fingerprint density at radius 3 is 1.80 bits per heavy atom. The number of nitrogens with zero attached hydrogens (tertiary/aromatic N) is 2. The van der Waals surface area contributed by atoms with Crippen LogP contribution in [0.15, 0.2) is 0 Å². The molecule has 2 rings (SSSR count). The van der Waals surface area contributed by atoms with Crippen molar-refractivity contribution in [2.75, 3.05) is 20.1 Å². The number of carbonyl (C=O) groups is 1. The molecular formula is C17H37N2O+. The number of likely N-dealkylation sites (N-methyl/N-ethyl adjacent to an activating group) is 1. The fraction of sp³-hybridized carbons (Fsp3) is 0.941. The van der Waals surface area contributed by atoms with Gasteiger partial charge >= 0.3 is 0 Å². The van der Waals surface area contributed by atoms with Crippen molar-refractivity contribution in [2.24, 2.45) is 0 Å². The van der Waals surface area contributed by atoms with Gasteiger partial charge in [-0.1, -0.05) is 34.6 Å². The summed E-state index contributed by atoms with van der Waals surface area (Å²) in [5, 5.41) is 0. The molecule has 120 valence electrons. The van der Waals surface area contributed by atoms with E-state index in [-0.39, 0.29) is 0 Å². The second kappa shape index (κ2) is 8.66. The van der Waals surface area contributed by atoms with Gasteiger partial charge in [-0.3, -0.25) is 4.79 Å². The van der Waals surface area contributed by atoms with Crippen LogP contribution in [0.25, 0.3) is 0 Å². The van der Waals surface area contributed by atoms with Crippen molar-refractivity contribution in [3.05, 3.63) is 0 Å². The van der Waals surface area contributed by atoms with Gasteiger partial charge in [0.25, 0.3) is 0 Å². The summed E-state index contributed by atoms with van der Waals surface area (Å²) in [5.74, 6) is 0.340. The standard InChI is InChI=1S/C13H25N2O.2C2H6/c1-5-13(16)14-8-11-6-7-12(9-14)15(11,4)10(2)3;2*1-2/h10-12H,5-9H2,1-4H3;2*1-2H3/q+1;;. The van der Waals surface area contributed by atoms with Crippen LogP contribution in [0.3, 0.4) is 0 Å². The topological polar surface area (TPSA) is 20.3 Å². The molecule has 2 atom stereocenters. The molecule has 2 aliphatic rings. The molecule has 0 aromatic heterocycles. The molecule has 0 aromatic carbocycles. The molecule has 20 heavy (non-hydrogen) atoms. The predicted octanol–water partition coefficient (Wildman–Crippen LogP) is 3.68. The summed E-state index contributed by atoms with van der Waals surface area (Å²) in [6.07, 6.45) is 3.25. The Labute approximate surface area is 126 Å². The number of fused-ring (bicyclic) bond motifs is 2. The van der Waals surface area contributed by atoms with Crippen molar-refractivity contribution in [1.29, 1.82) is 0 Å². The molecule has 0 aromatic rings. The largest absolute Gasteiger partial charge is 0.331 e. The lowest BCUT2D eigenvalue weighted by atomic mass is 10.1. The van der Waals surface area contributed by atoms with E-state index in [0.717, 1.165) is 13.1 Å². The fourth-order valence-electron chi connectivity index (χ4n) is 3.63. The molecule has 2 aliphatic heterocycles. The monoisotopic (exact) mass is 285 g/mol. The first kappa shape index (κ1) is 19.4. The molecule has 0 spiro atoms. The van der Waals surface area contributed by atoms with Crippen LogP contribution in [0.4, 0.5) is 0 Å². The molecule has 2 bridgehead atoms. The van der Waals surface area contributed by atoms with E-state index in [1.165, 1.54) is 17.3 Å². The summed E-state index contributed by atoms with van der Waals surface area (Å²) in [6, 6.07) is 2.03. The maximum absolute atomic E-state index is 11.8. The predicted molar refractivity (Wildman–Crippen MR) is 87.7 cm³/mol. The van der Waals surface area contributed by atoms with E-state index in [0.29, 0.717) is 30.5 Å². The Morgan fingerprint density at radius 2 is 1.50 bits per heavy atom. The quantitative estimate of drug-likeness (QED) is 0.709. The van der Waals surface area contributed by atoms with Crippen LogP contribution >= 0.6 is 0 Å². The van der Waals surface area contributed by atoms with E-state index >= 15 is 0 Å². The molecule has 2 saturated heterocycles. The molecule has 3 nitrogen and oxygen atoms in total. The third-order valence-electron chi connectivity index (χ3n) is 5.04. The van der Waals surface area contributed by atoms with E-state index in [9.17, 15) is 4.79 Å². The highest BCUT2D eigenvalue weighted by molar-refractivity contribution is 5.76. The minimum Gasteiger partial charge on any atom is -0.331 e. The van der Waals surface area contributed by atoms with E-state index in [1.807, 2.05) is 34.6 Å². The molecule has 0 N–H and O–H groups in total. The minimum absolute atomic E-state index is 0.340. The number of hydrogen-bond donors (Lipinski definition) is 0. The van der Waals surface area contributed by atoms with E-state index in [1.54, 1.807) is 0 Å². The third kappa shape index (κ3) is 3.55. The normalized spacial score (nSPS) is 31.1. The molecule has 2 fully saturated rings. The lowest BCUT2D eigenvalue weighted by Gasteiger charge is -2.50. The van der Waals surface area contributed by atoms with Crippen LogP contribution < -0.4 is 0 Å². The van der Waals surface area contributed by atoms with Crippen molar-refractivity contribution >= 4 is 5.91 Å². The highest BCUT2D eigenvalue weighted by Gasteiger charge is 2.53. The van der Waals surface area contributed by atoms with Crippen LogP contribution in [-0.4, -0.2) is 53.6 Å². The van der Waals surface area contributed by atoms with Gasteiger partial charge in [-0.05, 0) is 13.8 Å². The van der Waals surface area contributed by atoms with Gasteiger partial charge < -0.3 is 9.38 Å². The second-order valence-electron chi connectivity index (χ2n) is 5.85. The van der Waals surface area contributed by atoms with E-state index in [4.69, 9.17) is 0 Å². The number of amides is 1. The Hall–Kier alpha value is -0.570. The number of hydrogen-bond acceptors (Lipinski definition) is 1. The second-order valence-corrected chi connectivity index (χ2v) is 5.85. The Balaban J connectivity index is 0.000000829. The van der Waals surface area contributed by atoms with Gasteiger partial charge in [0.05, 0.1) is 26.2 Å². The molecule has 0 saturated carbocycles. The van der Waals surface area contributed by atoms with Crippen LogP contribution in [0.2, 0.25) is 0 Å². The maximum atomic E-state index is 11.8. The zero-order valence-electron chi connectivity index (χ0n) is 15.1. The molecule has 2 heterocycles. The molecule has 0 aliphatic carbocycles. The van der Waals surface area contributed by atoms with Crippen LogP contribution in [-0.2, 0) is 4.79 Å². The lowest BCUT2D eigenvalue weighted by Crippen LogP contribution is -2.67. The van der Waals surface area contributed by atoms with Gasteiger partial charge in [0.15, 0.2) is 0 Å². The highest BCUT2D eigenvalue weighted by Crippen LogP contribution is 2.38. The average molecular weight is 285 g/mol. The average Bonchev–Trinajstić information content (AvgIpc) is 2.69. The fourth-order valence-corrected chi connectivity index (χ4v) is 3.63. The van der Waals surface area contributed by atoms with Gasteiger partial charge in [0.2, 0.25) is 5.91 Å². The summed E-state index contributed by atoms with van der Waals surface area (Å²) in [4.78, 5) is 13.9. The van der Waals surface area contributed by atoms with Gasteiger partial charge in [-0.25, -0.2) is 0 Å². The summed E-state index contributed by atoms with van der Waals surface area (Å²) < 4.78 is 1.19. The van der Waals surface area contributed by atoms with Crippen molar-refractivity contribution in [3.63, 3.8) is 0 Å². The number of piperazine rings is 1. The van der Waals surface area contributed by atoms with Crippen LogP contribution in [0, 0.1) is 0 Å². The number of rotatable bonds is 2. The smallest absolute Gasteiger partial charge is 0.222 e. The first-order valence-electron chi connectivity index (χ1n) is 8.63. The first-order chi connectivity index (χ1) is 9.50. The number of quaternary nitrogens is 1.